The Bertz CT molecular complexity index is 1200. The second-order valence-electron chi connectivity index (χ2n) is 5.31. The summed E-state index contributed by atoms with van der Waals surface area (Å²) in [5.41, 5.74) is 0.643. The quantitative estimate of drug-likeness (QED) is 0.639. The number of carbonyl (C=O) groups excluding carboxylic acids is 1. The first-order valence-corrected chi connectivity index (χ1v) is 11.2. The van der Waals surface area contributed by atoms with Crippen molar-refractivity contribution >= 4 is 37.3 Å². The van der Waals surface area contributed by atoms with Crippen LogP contribution >= 0.6 is 11.3 Å². The smallest absolute Gasteiger partial charge is 0.267 e. The summed E-state index contributed by atoms with van der Waals surface area (Å²) in [7, 11) is -8.73. The minimum atomic E-state index is -4.44. The van der Waals surface area contributed by atoms with E-state index in [0.29, 0.717) is 10.6 Å². The van der Waals surface area contributed by atoms with Gasteiger partial charge in [-0.3, -0.25) is 9.78 Å². The van der Waals surface area contributed by atoms with Crippen LogP contribution in [0.1, 0.15) is 9.67 Å². The highest BCUT2D eigenvalue weighted by Crippen LogP contribution is 2.27. The zero-order valence-electron chi connectivity index (χ0n) is 13.6. The molecule has 0 atom stereocenters. The molecule has 0 aliphatic heterocycles. The van der Waals surface area contributed by atoms with Crippen LogP contribution in [0, 0.1) is 0 Å². The summed E-state index contributed by atoms with van der Waals surface area (Å²) in [6.07, 6.45) is 1.60. The SMILES string of the molecule is NS(=O)(=O)c1ccccc1S(=O)(=O)NC(=O)c1ccc(-c2ccccn2)s1. The van der Waals surface area contributed by atoms with E-state index in [1.165, 1.54) is 18.2 Å². The van der Waals surface area contributed by atoms with Gasteiger partial charge in [-0.2, -0.15) is 0 Å². The van der Waals surface area contributed by atoms with E-state index in [1.807, 2.05) is 4.72 Å². The minimum Gasteiger partial charge on any atom is -0.267 e. The van der Waals surface area contributed by atoms with E-state index >= 15 is 0 Å². The van der Waals surface area contributed by atoms with E-state index in [-0.39, 0.29) is 4.88 Å². The summed E-state index contributed by atoms with van der Waals surface area (Å²) < 4.78 is 50.1. The molecule has 3 rings (SSSR count). The van der Waals surface area contributed by atoms with E-state index in [0.717, 1.165) is 23.5 Å². The number of primary sulfonamides is 1. The van der Waals surface area contributed by atoms with Crippen LogP contribution in [0.3, 0.4) is 0 Å². The summed E-state index contributed by atoms with van der Waals surface area (Å²) in [4.78, 5) is 16.1. The Labute approximate surface area is 159 Å². The third-order valence-electron chi connectivity index (χ3n) is 3.42. The van der Waals surface area contributed by atoms with Gasteiger partial charge in [0.05, 0.1) is 15.4 Å². The lowest BCUT2D eigenvalue weighted by molar-refractivity contribution is 0.0985. The maximum absolute atomic E-state index is 12.5. The highest BCUT2D eigenvalue weighted by atomic mass is 32.2. The zero-order valence-corrected chi connectivity index (χ0v) is 16.0. The van der Waals surface area contributed by atoms with Gasteiger partial charge in [-0.15, -0.1) is 11.3 Å². The molecule has 0 aliphatic carbocycles. The van der Waals surface area contributed by atoms with Crippen molar-refractivity contribution in [3.05, 3.63) is 65.7 Å². The second kappa shape index (κ2) is 7.19. The van der Waals surface area contributed by atoms with Gasteiger partial charge in [0.1, 0.15) is 9.79 Å². The number of sulfonamides is 2. The Balaban J connectivity index is 1.90. The third-order valence-corrected chi connectivity index (χ3v) is 7.01. The lowest BCUT2D eigenvalue weighted by Gasteiger charge is -2.09. The highest BCUT2D eigenvalue weighted by Gasteiger charge is 2.26. The first kappa shape index (κ1) is 19.2. The van der Waals surface area contributed by atoms with Crippen molar-refractivity contribution < 1.29 is 21.6 Å². The number of nitrogens with zero attached hydrogens (tertiary/aromatic N) is 1. The van der Waals surface area contributed by atoms with Gasteiger partial charge in [-0.1, -0.05) is 18.2 Å². The van der Waals surface area contributed by atoms with E-state index < -0.39 is 35.7 Å². The number of amides is 1. The van der Waals surface area contributed by atoms with E-state index in [9.17, 15) is 21.6 Å². The fourth-order valence-corrected chi connectivity index (χ4v) is 5.53. The lowest BCUT2D eigenvalue weighted by atomic mass is 10.3. The topological polar surface area (TPSA) is 136 Å². The average Bonchev–Trinajstić information content (AvgIpc) is 3.12. The second-order valence-corrected chi connectivity index (χ2v) is 9.57. The molecule has 8 nitrogen and oxygen atoms in total. The van der Waals surface area contributed by atoms with Crippen LogP contribution in [0.4, 0.5) is 0 Å². The number of nitrogens with one attached hydrogen (secondary N) is 1. The van der Waals surface area contributed by atoms with Crippen molar-refractivity contribution in [2.45, 2.75) is 9.79 Å². The summed E-state index contributed by atoms with van der Waals surface area (Å²) in [6, 6.07) is 13.2. The molecule has 0 radical (unpaired) electrons. The summed E-state index contributed by atoms with van der Waals surface area (Å²) >= 11 is 1.06. The fraction of sp³-hybridized carbons (Fsp3) is 0. The molecule has 11 heteroatoms. The Kier molecular flexibility index (Phi) is 5.11. The fourth-order valence-electron chi connectivity index (χ4n) is 2.24. The molecular formula is C16H13N3O5S3. The molecule has 3 aromatic rings. The van der Waals surface area contributed by atoms with Gasteiger partial charge in [-0.25, -0.2) is 26.7 Å². The third kappa shape index (κ3) is 4.22. The van der Waals surface area contributed by atoms with Gasteiger partial charge in [0.25, 0.3) is 15.9 Å². The number of thiophene rings is 1. The highest BCUT2D eigenvalue weighted by molar-refractivity contribution is 7.92. The Morgan fingerprint density at radius 2 is 1.59 bits per heavy atom. The molecule has 0 aliphatic rings. The summed E-state index contributed by atoms with van der Waals surface area (Å²) in [6.45, 7) is 0. The Hall–Kier alpha value is -2.60. The monoisotopic (exact) mass is 423 g/mol. The maximum Gasteiger partial charge on any atom is 0.275 e. The van der Waals surface area contributed by atoms with Crippen molar-refractivity contribution in [1.29, 1.82) is 0 Å². The summed E-state index contributed by atoms with van der Waals surface area (Å²) in [5.74, 6) is -0.883. The molecule has 0 saturated heterocycles. The number of hydrogen-bond donors (Lipinski definition) is 2. The number of rotatable bonds is 5. The van der Waals surface area contributed by atoms with Crippen LogP contribution in [0.25, 0.3) is 10.6 Å². The normalized spacial score (nSPS) is 11.9. The predicted molar refractivity (Wildman–Crippen MR) is 100 cm³/mol. The molecule has 0 saturated carbocycles. The van der Waals surface area contributed by atoms with Crippen molar-refractivity contribution in [2.24, 2.45) is 5.14 Å². The van der Waals surface area contributed by atoms with E-state index in [4.69, 9.17) is 5.14 Å². The number of nitrogens with two attached hydrogens (primary N) is 1. The average molecular weight is 423 g/mol. The van der Waals surface area contributed by atoms with Gasteiger partial charge >= 0.3 is 0 Å². The van der Waals surface area contributed by atoms with Crippen molar-refractivity contribution in [1.82, 2.24) is 9.71 Å². The van der Waals surface area contributed by atoms with Crippen LogP contribution in [0.15, 0.2) is 70.6 Å². The number of hydrogen-bond acceptors (Lipinski definition) is 7. The van der Waals surface area contributed by atoms with Crippen LogP contribution in [0.2, 0.25) is 0 Å². The number of benzene rings is 1. The number of aromatic nitrogens is 1. The number of pyridine rings is 1. The largest absolute Gasteiger partial charge is 0.275 e. The van der Waals surface area contributed by atoms with Crippen LogP contribution in [-0.4, -0.2) is 27.7 Å². The molecule has 140 valence electrons. The van der Waals surface area contributed by atoms with E-state index in [1.54, 1.807) is 30.5 Å². The van der Waals surface area contributed by atoms with Crippen LogP contribution < -0.4 is 9.86 Å². The summed E-state index contributed by atoms with van der Waals surface area (Å²) in [5, 5.41) is 5.05. The van der Waals surface area contributed by atoms with Crippen molar-refractivity contribution in [3.8, 4) is 10.6 Å². The molecule has 1 amide bonds. The number of carbonyl (C=O) groups is 1. The molecule has 0 fully saturated rings. The van der Waals surface area contributed by atoms with Gasteiger partial charge < -0.3 is 0 Å². The first-order valence-electron chi connectivity index (χ1n) is 7.39. The van der Waals surface area contributed by atoms with Crippen molar-refractivity contribution in [3.63, 3.8) is 0 Å². The Morgan fingerprint density at radius 3 is 2.22 bits per heavy atom. The molecule has 1 aromatic carbocycles. The Morgan fingerprint density at radius 1 is 0.926 bits per heavy atom. The van der Waals surface area contributed by atoms with Gasteiger partial charge in [-0.05, 0) is 36.4 Å². The molecule has 0 bridgehead atoms. The predicted octanol–water partition coefficient (Wildman–Crippen LogP) is 1.58. The zero-order chi connectivity index (χ0) is 19.7. The molecular weight excluding hydrogens is 410 g/mol. The standard InChI is InChI=1S/C16H13N3O5S3/c17-26(21,22)14-6-1-2-7-15(14)27(23,24)19-16(20)13-9-8-12(25-13)11-5-3-4-10-18-11/h1-10H,(H,19,20)(H2,17,21,22). The lowest BCUT2D eigenvalue weighted by Crippen LogP contribution is -2.31. The molecule has 0 spiro atoms. The minimum absolute atomic E-state index is 0.132. The van der Waals surface area contributed by atoms with Crippen molar-refractivity contribution in [2.75, 3.05) is 0 Å². The first-order chi connectivity index (χ1) is 12.7. The molecule has 0 unspecified atom stereocenters. The molecule has 3 N–H and O–H groups in total. The molecule has 2 aromatic heterocycles. The van der Waals surface area contributed by atoms with Gasteiger partial charge in [0, 0.05) is 6.20 Å². The van der Waals surface area contributed by atoms with Gasteiger partial charge in [0.2, 0.25) is 10.0 Å². The van der Waals surface area contributed by atoms with Crippen LogP contribution in [0.5, 0.6) is 0 Å². The van der Waals surface area contributed by atoms with Gasteiger partial charge in [0.15, 0.2) is 0 Å². The maximum atomic E-state index is 12.5. The molecule has 2 heterocycles. The molecule has 27 heavy (non-hydrogen) atoms. The van der Waals surface area contributed by atoms with E-state index in [2.05, 4.69) is 4.98 Å². The van der Waals surface area contributed by atoms with Crippen LogP contribution in [-0.2, 0) is 20.0 Å².